The number of nitrogens with zero attached hydrogens (tertiary/aromatic N) is 5. The number of nitrogens with one attached hydrogen (secondary N) is 3. The molecule has 0 fully saturated rings. The van der Waals surface area contributed by atoms with Gasteiger partial charge in [-0.05, 0) is 47.8 Å². The molecule has 2 aromatic heterocycles. The molecule has 0 aliphatic rings. The molecule has 0 unspecified atom stereocenters. The normalized spacial score (nSPS) is 11.5. The number of carbonyl (C=O) groups is 3. The van der Waals surface area contributed by atoms with E-state index in [0.717, 1.165) is 17.9 Å². The van der Waals surface area contributed by atoms with Gasteiger partial charge in [-0.1, -0.05) is 0 Å². The number of aromatic amines is 1. The third-order valence-corrected chi connectivity index (χ3v) is 4.60. The zero-order valence-electron chi connectivity index (χ0n) is 20.8. The first kappa shape index (κ1) is 27.6. The lowest BCUT2D eigenvalue weighted by molar-refractivity contribution is -0.144. The van der Waals surface area contributed by atoms with E-state index in [1.807, 2.05) is 19.0 Å². The SMILES string of the molecule is CN(C)CCCNc1[nH]c(=O)nc2c1ncn2CC(=O)N(CCNC(=O)OC(C)(C)C)CC(=O)O. The molecular weight excluding hydrogens is 460 g/mol. The summed E-state index contributed by atoms with van der Waals surface area (Å²) in [7, 11) is 3.93. The van der Waals surface area contributed by atoms with Crippen LogP contribution in [0.2, 0.25) is 0 Å². The van der Waals surface area contributed by atoms with Gasteiger partial charge < -0.3 is 34.8 Å². The van der Waals surface area contributed by atoms with E-state index >= 15 is 0 Å². The largest absolute Gasteiger partial charge is 0.480 e. The standard InChI is InChI=1S/C21H34N8O6/c1-21(2,3)35-20(34)23-8-10-28(12-15(31)32)14(30)11-29-13-24-16-17(22-7-6-9-27(4)5)25-19(33)26-18(16)29/h13H,6-12H2,1-5H3,(H,23,34)(H,31,32)(H2,22,25,26,33). The van der Waals surface area contributed by atoms with Crippen LogP contribution in [0.3, 0.4) is 0 Å². The Morgan fingerprint density at radius 2 is 1.91 bits per heavy atom. The number of carboxylic acids is 1. The van der Waals surface area contributed by atoms with Gasteiger partial charge in [0.05, 0.1) is 6.33 Å². The second-order valence-electron chi connectivity index (χ2n) is 9.18. The van der Waals surface area contributed by atoms with Crippen molar-refractivity contribution < 1.29 is 24.2 Å². The molecule has 2 amide bonds. The molecule has 0 aromatic carbocycles. The molecule has 14 nitrogen and oxygen atoms in total. The summed E-state index contributed by atoms with van der Waals surface area (Å²) in [6.07, 6.45) is 1.53. The third-order valence-electron chi connectivity index (χ3n) is 4.60. The fourth-order valence-electron chi connectivity index (χ4n) is 3.12. The Bertz CT molecular complexity index is 1090. The fraction of sp³-hybridized carbons (Fsp3) is 0.619. The third kappa shape index (κ3) is 9.23. The maximum atomic E-state index is 12.9. The highest BCUT2D eigenvalue weighted by Gasteiger charge is 2.21. The van der Waals surface area contributed by atoms with Crippen LogP contribution >= 0.6 is 0 Å². The van der Waals surface area contributed by atoms with Crippen molar-refractivity contribution in [3.63, 3.8) is 0 Å². The number of carboxylic acid groups (broad SMARTS) is 1. The molecule has 35 heavy (non-hydrogen) atoms. The highest BCUT2D eigenvalue weighted by Crippen LogP contribution is 2.16. The number of ether oxygens (including phenoxy) is 1. The van der Waals surface area contributed by atoms with Gasteiger partial charge in [-0.15, -0.1) is 0 Å². The number of hydrogen-bond donors (Lipinski definition) is 4. The van der Waals surface area contributed by atoms with Crippen molar-refractivity contribution in [2.24, 2.45) is 0 Å². The molecule has 2 aromatic rings. The van der Waals surface area contributed by atoms with Gasteiger partial charge in [0, 0.05) is 19.6 Å². The van der Waals surface area contributed by atoms with Crippen molar-refractivity contribution in [1.82, 2.24) is 34.6 Å². The molecule has 2 rings (SSSR count). The van der Waals surface area contributed by atoms with E-state index in [4.69, 9.17) is 4.74 Å². The van der Waals surface area contributed by atoms with Crippen LogP contribution in [0, 0.1) is 0 Å². The van der Waals surface area contributed by atoms with Crippen molar-refractivity contribution in [3.8, 4) is 0 Å². The quantitative estimate of drug-likeness (QED) is 0.292. The smallest absolute Gasteiger partial charge is 0.407 e. The highest BCUT2D eigenvalue weighted by molar-refractivity contribution is 5.85. The van der Waals surface area contributed by atoms with Crippen molar-refractivity contribution in [1.29, 1.82) is 0 Å². The molecule has 0 atom stereocenters. The van der Waals surface area contributed by atoms with Crippen molar-refractivity contribution in [3.05, 3.63) is 16.8 Å². The van der Waals surface area contributed by atoms with E-state index in [-0.39, 0.29) is 25.3 Å². The van der Waals surface area contributed by atoms with E-state index in [1.54, 1.807) is 20.8 Å². The van der Waals surface area contributed by atoms with Gasteiger partial charge in [0.1, 0.15) is 30.0 Å². The summed E-state index contributed by atoms with van der Waals surface area (Å²) >= 11 is 0. The number of anilines is 1. The van der Waals surface area contributed by atoms with E-state index < -0.39 is 35.8 Å². The minimum atomic E-state index is -1.20. The summed E-state index contributed by atoms with van der Waals surface area (Å²) in [4.78, 5) is 62.0. The average molecular weight is 495 g/mol. The predicted molar refractivity (Wildman–Crippen MR) is 128 cm³/mol. The molecule has 4 N–H and O–H groups in total. The summed E-state index contributed by atoms with van der Waals surface area (Å²) in [5, 5.41) is 14.8. The van der Waals surface area contributed by atoms with E-state index in [1.165, 1.54) is 10.9 Å². The second kappa shape index (κ2) is 12.1. The molecule has 0 saturated carbocycles. The Morgan fingerprint density at radius 3 is 2.54 bits per heavy atom. The van der Waals surface area contributed by atoms with Gasteiger partial charge >= 0.3 is 17.8 Å². The number of amides is 2. The van der Waals surface area contributed by atoms with Crippen LogP contribution in [0.1, 0.15) is 27.2 Å². The number of hydrogen-bond acceptors (Lipinski definition) is 9. The maximum Gasteiger partial charge on any atom is 0.407 e. The Labute approximate surface area is 202 Å². The average Bonchev–Trinajstić information content (AvgIpc) is 3.11. The summed E-state index contributed by atoms with van der Waals surface area (Å²) in [5.74, 6) is -1.35. The number of aromatic nitrogens is 4. The molecule has 0 radical (unpaired) electrons. The zero-order valence-corrected chi connectivity index (χ0v) is 20.8. The first-order valence-electron chi connectivity index (χ1n) is 11.2. The van der Waals surface area contributed by atoms with E-state index in [9.17, 15) is 24.3 Å². The number of rotatable bonds is 12. The topological polar surface area (TPSA) is 175 Å². The molecule has 0 spiro atoms. The minimum absolute atomic E-state index is 0.00244. The first-order chi connectivity index (χ1) is 16.4. The number of imidazole rings is 1. The molecule has 194 valence electrons. The fourth-order valence-corrected chi connectivity index (χ4v) is 3.12. The van der Waals surface area contributed by atoms with E-state index in [0.29, 0.717) is 17.9 Å². The van der Waals surface area contributed by atoms with Gasteiger partial charge in [0.25, 0.3) is 0 Å². The molecule has 0 saturated heterocycles. The Kier molecular flexibility index (Phi) is 9.57. The second-order valence-corrected chi connectivity index (χ2v) is 9.18. The summed E-state index contributed by atoms with van der Waals surface area (Å²) < 4.78 is 6.52. The first-order valence-corrected chi connectivity index (χ1v) is 11.2. The molecular formula is C21H34N8O6. The number of carbonyl (C=O) groups excluding carboxylic acids is 2. The lowest BCUT2D eigenvalue weighted by atomic mass is 10.2. The number of aliphatic carboxylic acids is 1. The van der Waals surface area contributed by atoms with Crippen LogP contribution in [0.15, 0.2) is 11.1 Å². The summed E-state index contributed by atoms with van der Waals surface area (Å²) in [5.41, 5.74) is -0.711. The minimum Gasteiger partial charge on any atom is -0.480 e. The number of fused-ring (bicyclic) bond motifs is 1. The van der Waals surface area contributed by atoms with Crippen LogP contribution < -0.4 is 16.3 Å². The molecule has 2 heterocycles. The van der Waals surface area contributed by atoms with Crippen LogP contribution in [0.25, 0.3) is 11.2 Å². The lowest BCUT2D eigenvalue weighted by Gasteiger charge is -2.23. The Hall–Kier alpha value is -3.68. The highest BCUT2D eigenvalue weighted by atomic mass is 16.6. The van der Waals surface area contributed by atoms with Crippen LogP contribution in [-0.2, 0) is 20.9 Å². The molecule has 14 heteroatoms. The van der Waals surface area contributed by atoms with Gasteiger partial charge in [-0.3, -0.25) is 14.6 Å². The molecule has 0 aliphatic heterocycles. The zero-order chi connectivity index (χ0) is 26.2. The van der Waals surface area contributed by atoms with Gasteiger partial charge in [0.15, 0.2) is 5.65 Å². The predicted octanol–water partition coefficient (Wildman–Crippen LogP) is -0.0789. The van der Waals surface area contributed by atoms with Gasteiger partial charge in [-0.25, -0.2) is 14.6 Å². The number of H-pyrrole nitrogens is 1. The maximum absolute atomic E-state index is 12.9. The van der Waals surface area contributed by atoms with Crippen molar-refractivity contribution in [2.75, 3.05) is 52.1 Å². The number of alkyl carbamates (subject to hydrolysis) is 1. The Morgan fingerprint density at radius 1 is 1.20 bits per heavy atom. The van der Waals surface area contributed by atoms with Crippen LogP contribution in [0.5, 0.6) is 0 Å². The van der Waals surface area contributed by atoms with Crippen LogP contribution in [0.4, 0.5) is 10.6 Å². The van der Waals surface area contributed by atoms with E-state index in [2.05, 4.69) is 25.6 Å². The van der Waals surface area contributed by atoms with Gasteiger partial charge in [-0.2, -0.15) is 4.98 Å². The summed E-state index contributed by atoms with van der Waals surface area (Å²) in [6.45, 7) is 5.69. The summed E-state index contributed by atoms with van der Waals surface area (Å²) in [6, 6.07) is 0. The molecule has 0 aliphatic carbocycles. The van der Waals surface area contributed by atoms with Gasteiger partial charge in [0.2, 0.25) is 5.91 Å². The molecule has 0 bridgehead atoms. The van der Waals surface area contributed by atoms with Crippen molar-refractivity contribution >= 4 is 35.0 Å². The Balaban J connectivity index is 2.09. The monoisotopic (exact) mass is 494 g/mol. The lowest BCUT2D eigenvalue weighted by Crippen LogP contribution is -2.43. The van der Waals surface area contributed by atoms with Crippen LogP contribution in [-0.4, -0.2) is 105 Å². The van der Waals surface area contributed by atoms with Crippen molar-refractivity contribution in [2.45, 2.75) is 39.3 Å².